The number of methoxy groups -OCH3 is 1. The van der Waals surface area contributed by atoms with Crippen molar-refractivity contribution in [2.75, 3.05) is 44.0 Å². The van der Waals surface area contributed by atoms with Gasteiger partial charge in [-0.05, 0) is 23.8 Å². The summed E-state index contributed by atoms with van der Waals surface area (Å²) in [5.41, 5.74) is 9.68. The summed E-state index contributed by atoms with van der Waals surface area (Å²) in [7, 11) is 1.63. The van der Waals surface area contributed by atoms with Crippen LogP contribution in [0.15, 0.2) is 42.7 Å². The molecule has 0 bridgehead atoms. The Bertz CT molecular complexity index is 1170. The third kappa shape index (κ3) is 3.21. The van der Waals surface area contributed by atoms with Gasteiger partial charge in [0.1, 0.15) is 22.7 Å². The van der Waals surface area contributed by atoms with Crippen LogP contribution in [0.5, 0.6) is 5.75 Å². The van der Waals surface area contributed by atoms with Gasteiger partial charge < -0.3 is 20.1 Å². The van der Waals surface area contributed by atoms with Gasteiger partial charge in [-0.1, -0.05) is 12.1 Å². The monoisotopic (exact) mass is 390 g/mol. The third-order valence-corrected chi connectivity index (χ3v) is 5.22. The molecule has 0 amide bonds. The highest BCUT2D eigenvalue weighted by molar-refractivity contribution is 5.96. The molecule has 4 aromatic rings. The Balaban J connectivity index is 1.46. The van der Waals surface area contributed by atoms with E-state index in [0.29, 0.717) is 23.6 Å². The van der Waals surface area contributed by atoms with E-state index in [0.717, 1.165) is 54.4 Å². The van der Waals surface area contributed by atoms with Crippen molar-refractivity contribution in [1.82, 2.24) is 19.4 Å². The highest BCUT2D eigenvalue weighted by Crippen LogP contribution is 2.28. The number of pyridine rings is 1. The van der Waals surface area contributed by atoms with E-state index < -0.39 is 0 Å². The first kappa shape index (κ1) is 17.7. The number of benzene rings is 1. The topological polar surface area (TPSA) is 90.8 Å². The number of nitrogens with zero attached hydrogens (tertiary/aromatic N) is 5. The average molecular weight is 390 g/mol. The Morgan fingerprint density at radius 3 is 2.76 bits per heavy atom. The molecule has 29 heavy (non-hydrogen) atoms. The number of nitrogens with two attached hydrogens (primary N) is 1. The molecule has 8 heteroatoms. The second-order valence-electron chi connectivity index (χ2n) is 7.05. The van der Waals surface area contributed by atoms with E-state index in [1.165, 1.54) is 0 Å². The zero-order valence-electron chi connectivity index (χ0n) is 16.2. The lowest BCUT2D eigenvalue weighted by atomic mass is 10.1. The SMILES string of the molecule is COc1cccc2c1nc(N)n1cc(Cc3ccc(N4CCOCC4)nc3)nc21. The van der Waals surface area contributed by atoms with Gasteiger partial charge in [0.25, 0.3) is 0 Å². The fraction of sp³-hybridized carbons (Fsp3) is 0.286. The maximum absolute atomic E-state index is 6.18. The van der Waals surface area contributed by atoms with Gasteiger partial charge in [-0.2, -0.15) is 0 Å². The molecule has 1 aromatic carbocycles. The first-order valence-electron chi connectivity index (χ1n) is 9.61. The summed E-state index contributed by atoms with van der Waals surface area (Å²) in [5.74, 6) is 2.05. The molecule has 0 radical (unpaired) electrons. The molecule has 0 atom stereocenters. The predicted molar refractivity (Wildman–Crippen MR) is 112 cm³/mol. The van der Waals surface area contributed by atoms with Gasteiger partial charge in [0.05, 0.1) is 26.0 Å². The van der Waals surface area contributed by atoms with Crippen LogP contribution in [0.1, 0.15) is 11.3 Å². The molecule has 1 fully saturated rings. The van der Waals surface area contributed by atoms with Crippen molar-refractivity contribution in [2.24, 2.45) is 0 Å². The number of hydrogen-bond donors (Lipinski definition) is 1. The highest BCUT2D eigenvalue weighted by atomic mass is 16.5. The van der Waals surface area contributed by atoms with Gasteiger partial charge in [-0.15, -0.1) is 0 Å². The van der Waals surface area contributed by atoms with E-state index in [1.54, 1.807) is 7.11 Å². The molecule has 0 unspecified atom stereocenters. The van der Waals surface area contributed by atoms with E-state index in [2.05, 4.69) is 27.0 Å². The number of fused-ring (bicyclic) bond motifs is 3. The summed E-state index contributed by atoms with van der Waals surface area (Å²) in [4.78, 5) is 16.2. The van der Waals surface area contributed by atoms with Crippen LogP contribution in [-0.2, 0) is 11.2 Å². The number of ether oxygens (including phenoxy) is 2. The Kier molecular flexibility index (Phi) is 4.40. The van der Waals surface area contributed by atoms with Crippen LogP contribution in [0.25, 0.3) is 16.6 Å². The number of morpholine rings is 1. The molecule has 5 rings (SSSR count). The van der Waals surface area contributed by atoms with Crippen molar-refractivity contribution in [1.29, 1.82) is 0 Å². The lowest BCUT2D eigenvalue weighted by Gasteiger charge is -2.27. The first-order chi connectivity index (χ1) is 14.2. The fourth-order valence-electron chi connectivity index (χ4n) is 3.74. The largest absolute Gasteiger partial charge is 0.494 e. The molecule has 0 saturated carbocycles. The number of hydrogen-bond acceptors (Lipinski definition) is 7. The quantitative estimate of drug-likeness (QED) is 0.572. The van der Waals surface area contributed by atoms with E-state index >= 15 is 0 Å². The summed E-state index contributed by atoms with van der Waals surface area (Å²) in [6.45, 7) is 3.25. The minimum Gasteiger partial charge on any atom is -0.494 e. The van der Waals surface area contributed by atoms with Crippen LogP contribution < -0.4 is 15.4 Å². The van der Waals surface area contributed by atoms with Gasteiger partial charge >= 0.3 is 0 Å². The molecule has 148 valence electrons. The molecule has 2 N–H and O–H groups in total. The fourth-order valence-corrected chi connectivity index (χ4v) is 3.74. The van der Waals surface area contributed by atoms with Gasteiger partial charge in [0, 0.05) is 37.3 Å². The van der Waals surface area contributed by atoms with Crippen molar-refractivity contribution in [2.45, 2.75) is 6.42 Å². The summed E-state index contributed by atoms with van der Waals surface area (Å²) in [5, 5.41) is 0.908. The highest BCUT2D eigenvalue weighted by Gasteiger charge is 2.15. The maximum atomic E-state index is 6.18. The molecule has 1 saturated heterocycles. The van der Waals surface area contributed by atoms with Crippen LogP contribution >= 0.6 is 0 Å². The minimum atomic E-state index is 0.386. The van der Waals surface area contributed by atoms with Crippen molar-refractivity contribution in [3.63, 3.8) is 0 Å². The molecule has 8 nitrogen and oxygen atoms in total. The van der Waals surface area contributed by atoms with Crippen molar-refractivity contribution >= 4 is 28.3 Å². The third-order valence-electron chi connectivity index (χ3n) is 5.22. The van der Waals surface area contributed by atoms with Crippen LogP contribution in [-0.4, -0.2) is 52.8 Å². The minimum absolute atomic E-state index is 0.386. The lowest BCUT2D eigenvalue weighted by Crippen LogP contribution is -2.36. The predicted octanol–water partition coefficient (Wildman–Crippen LogP) is 2.30. The number of imidazole rings is 1. The number of rotatable bonds is 4. The molecule has 1 aliphatic rings. The van der Waals surface area contributed by atoms with Gasteiger partial charge in [0.15, 0.2) is 0 Å². The van der Waals surface area contributed by atoms with E-state index in [1.807, 2.05) is 35.0 Å². The number of aromatic nitrogens is 4. The smallest absolute Gasteiger partial charge is 0.206 e. The van der Waals surface area contributed by atoms with Gasteiger partial charge in [-0.25, -0.2) is 15.0 Å². The van der Waals surface area contributed by atoms with Crippen molar-refractivity contribution < 1.29 is 9.47 Å². The zero-order chi connectivity index (χ0) is 19.8. The normalized spacial score (nSPS) is 14.6. The van der Waals surface area contributed by atoms with Crippen LogP contribution in [0.4, 0.5) is 11.8 Å². The Morgan fingerprint density at radius 2 is 2.00 bits per heavy atom. The number of para-hydroxylation sites is 1. The van der Waals surface area contributed by atoms with Crippen molar-refractivity contribution in [3.05, 3.63) is 54.0 Å². The van der Waals surface area contributed by atoms with E-state index in [9.17, 15) is 0 Å². The maximum Gasteiger partial charge on any atom is 0.206 e. The standard InChI is InChI=1S/C21H22N6O2/c1-28-17-4-2-3-16-19(17)25-21(22)27-13-15(24-20(16)27)11-14-5-6-18(23-12-14)26-7-9-29-10-8-26/h2-6,12-13H,7-11H2,1H3,(H2,22,25). The van der Waals surface area contributed by atoms with Gasteiger partial charge in [-0.3, -0.25) is 4.40 Å². The molecule has 0 spiro atoms. The van der Waals surface area contributed by atoms with Crippen LogP contribution in [0, 0.1) is 0 Å². The van der Waals surface area contributed by atoms with Crippen LogP contribution in [0.3, 0.4) is 0 Å². The summed E-state index contributed by atoms with van der Waals surface area (Å²) in [6.07, 6.45) is 4.52. The lowest BCUT2D eigenvalue weighted by molar-refractivity contribution is 0.122. The molecule has 1 aliphatic heterocycles. The number of nitrogen functional groups attached to an aromatic ring is 1. The Morgan fingerprint density at radius 1 is 1.14 bits per heavy atom. The molecule has 3 aromatic heterocycles. The zero-order valence-corrected chi connectivity index (χ0v) is 16.2. The Hall–Kier alpha value is -3.39. The van der Waals surface area contributed by atoms with E-state index in [-0.39, 0.29) is 0 Å². The number of anilines is 2. The van der Waals surface area contributed by atoms with E-state index in [4.69, 9.17) is 20.2 Å². The molecular formula is C21H22N6O2. The summed E-state index contributed by atoms with van der Waals surface area (Å²) in [6, 6.07) is 9.95. The Labute approximate surface area is 167 Å². The van der Waals surface area contributed by atoms with Gasteiger partial charge in [0.2, 0.25) is 5.95 Å². The average Bonchev–Trinajstić information content (AvgIpc) is 3.19. The molecular weight excluding hydrogens is 368 g/mol. The second-order valence-corrected chi connectivity index (χ2v) is 7.05. The first-order valence-corrected chi connectivity index (χ1v) is 9.61. The summed E-state index contributed by atoms with van der Waals surface area (Å²) >= 11 is 0. The summed E-state index contributed by atoms with van der Waals surface area (Å²) < 4.78 is 12.7. The molecule has 0 aliphatic carbocycles. The molecule has 4 heterocycles. The second kappa shape index (κ2) is 7.21. The van der Waals surface area contributed by atoms with Crippen molar-refractivity contribution in [3.8, 4) is 5.75 Å². The van der Waals surface area contributed by atoms with Crippen LogP contribution in [0.2, 0.25) is 0 Å².